The molecule has 0 aromatic heterocycles. The molecule has 0 heterocycles. The van der Waals surface area contributed by atoms with E-state index in [-0.39, 0.29) is 11.5 Å². The molecule has 0 saturated carbocycles. The van der Waals surface area contributed by atoms with Crippen LogP contribution in [0.25, 0.3) is 0 Å². The van der Waals surface area contributed by atoms with E-state index in [1.165, 1.54) is 0 Å². The molecule has 0 unspecified atom stereocenters. The van der Waals surface area contributed by atoms with E-state index < -0.39 is 11.4 Å². The SMILES string of the molecule is Cc1cc(Br)ccc1N/C(=C\C(=O)C(C)(C)C)C(=O)O. The van der Waals surface area contributed by atoms with Crippen molar-refractivity contribution in [1.82, 2.24) is 0 Å². The van der Waals surface area contributed by atoms with Gasteiger partial charge in [0.15, 0.2) is 5.78 Å². The molecule has 1 aromatic rings. The predicted octanol–water partition coefficient (Wildman–Crippen LogP) is 3.75. The number of carbonyl (C=O) groups is 2. The van der Waals surface area contributed by atoms with Crippen LogP contribution in [-0.4, -0.2) is 16.9 Å². The van der Waals surface area contributed by atoms with Crippen LogP contribution in [-0.2, 0) is 9.59 Å². The Labute approximate surface area is 127 Å². The number of benzene rings is 1. The van der Waals surface area contributed by atoms with Crippen molar-refractivity contribution in [2.24, 2.45) is 5.41 Å². The van der Waals surface area contributed by atoms with Gasteiger partial charge in [-0.15, -0.1) is 0 Å². The Balaban J connectivity index is 3.08. The smallest absolute Gasteiger partial charge is 0.352 e. The lowest BCUT2D eigenvalue weighted by atomic mass is 9.90. The normalized spacial score (nSPS) is 12.2. The Morgan fingerprint density at radius 2 is 1.90 bits per heavy atom. The minimum absolute atomic E-state index is 0.129. The largest absolute Gasteiger partial charge is 0.477 e. The molecular formula is C15H18BrNO3. The molecule has 0 amide bonds. The third kappa shape index (κ3) is 4.49. The van der Waals surface area contributed by atoms with Crippen molar-refractivity contribution >= 4 is 33.4 Å². The molecule has 0 spiro atoms. The van der Waals surface area contributed by atoms with E-state index in [4.69, 9.17) is 0 Å². The minimum atomic E-state index is -1.16. The van der Waals surface area contributed by atoms with Gasteiger partial charge in [-0.1, -0.05) is 36.7 Å². The van der Waals surface area contributed by atoms with Crippen molar-refractivity contribution in [2.45, 2.75) is 27.7 Å². The van der Waals surface area contributed by atoms with E-state index >= 15 is 0 Å². The summed E-state index contributed by atoms with van der Waals surface area (Å²) < 4.78 is 0.909. The van der Waals surface area contributed by atoms with Crippen LogP contribution < -0.4 is 5.32 Å². The molecule has 2 N–H and O–H groups in total. The van der Waals surface area contributed by atoms with Gasteiger partial charge in [-0.05, 0) is 30.7 Å². The van der Waals surface area contributed by atoms with E-state index in [1.54, 1.807) is 32.9 Å². The standard InChI is InChI=1S/C15H18BrNO3/c1-9-7-10(16)5-6-11(9)17-12(14(19)20)8-13(18)15(2,3)4/h5-8,17H,1-4H3,(H,19,20)/b12-8-. The Bertz CT molecular complexity index is 571. The number of anilines is 1. The zero-order valence-corrected chi connectivity index (χ0v) is 13.5. The monoisotopic (exact) mass is 339 g/mol. The first-order valence-corrected chi connectivity index (χ1v) is 6.93. The maximum Gasteiger partial charge on any atom is 0.352 e. The minimum Gasteiger partial charge on any atom is -0.477 e. The molecule has 0 radical (unpaired) electrons. The molecule has 5 heteroatoms. The first kappa shape index (κ1) is 16.4. The summed E-state index contributed by atoms with van der Waals surface area (Å²) in [5, 5.41) is 12.0. The summed E-state index contributed by atoms with van der Waals surface area (Å²) in [5.74, 6) is -1.40. The summed E-state index contributed by atoms with van der Waals surface area (Å²) in [6, 6.07) is 5.44. The predicted molar refractivity (Wildman–Crippen MR) is 82.7 cm³/mol. The number of rotatable bonds is 4. The summed E-state index contributed by atoms with van der Waals surface area (Å²) in [6.45, 7) is 7.10. The Hall–Kier alpha value is -1.62. The van der Waals surface area contributed by atoms with Crippen molar-refractivity contribution in [3.8, 4) is 0 Å². The lowest BCUT2D eigenvalue weighted by Gasteiger charge is -2.15. The second-order valence-corrected chi connectivity index (χ2v) is 6.48. The van der Waals surface area contributed by atoms with Gasteiger partial charge in [0.1, 0.15) is 5.70 Å². The second kappa shape index (κ2) is 6.22. The summed E-state index contributed by atoms with van der Waals surface area (Å²) in [4.78, 5) is 23.2. The first-order chi connectivity index (χ1) is 9.11. The van der Waals surface area contributed by atoms with Gasteiger partial charge in [0.25, 0.3) is 0 Å². The third-order valence-electron chi connectivity index (χ3n) is 2.70. The summed E-state index contributed by atoms with van der Waals surface area (Å²) in [7, 11) is 0. The molecule has 0 atom stereocenters. The first-order valence-electron chi connectivity index (χ1n) is 6.14. The lowest BCUT2D eigenvalue weighted by molar-refractivity contribution is -0.133. The van der Waals surface area contributed by atoms with E-state index in [0.717, 1.165) is 16.1 Å². The zero-order valence-electron chi connectivity index (χ0n) is 12.0. The summed E-state index contributed by atoms with van der Waals surface area (Å²) >= 11 is 3.34. The van der Waals surface area contributed by atoms with Crippen LogP contribution >= 0.6 is 15.9 Å². The molecule has 20 heavy (non-hydrogen) atoms. The fourth-order valence-electron chi connectivity index (χ4n) is 1.41. The van der Waals surface area contributed by atoms with Crippen molar-refractivity contribution in [3.05, 3.63) is 40.0 Å². The maximum absolute atomic E-state index is 11.9. The van der Waals surface area contributed by atoms with Crippen LogP contribution in [0.15, 0.2) is 34.4 Å². The van der Waals surface area contributed by atoms with Gasteiger partial charge in [-0.2, -0.15) is 0 Å². The van der Waals surface area contributed by atoms with E-state index in [9.17, 15) is 14.7 Å². The Kier molecular flexibility index (Phi) is 5.11. The van der Waals surface area contributed by atoms with Crippen LogP contribution in [0, 0.1) is 12.3 Å². The van der Waals surface area contributed by atoms with Gasteiger partial charge in [0.2, 0.25) is 0 Å². The van der Waals surface area contributed by atoms with Gasteiger partial charge >= 0.3 is 5.97 Å². The van der Waals surface area contributed by atoms with Crippen LogP contribution in [0.4, 0.5) is 5.69 Å². The number of carboxylic acids is 1. The molecule has 1 rings (SSSR count). The number of aliphatic carboxylic acids is 1. The number of aryl methyl sites for hydroxylation is 1. The fourth-order valence-corrected chi connectivity index (χ4v) is 1.89. The van der Waals surface area contributed by atoms with E-state index in [1.807, 2.05) is 13.0 Å². The van der Waals surface area contributed by atoms with Crippen LogP contribution in [0.2, 0.25) is 0 Å². The highest BCUT2D eigenvalue weighted by Gasteiger charge is 2.21. The fraction of sp³-hybridized carbons (Fsp3) is 0.333. The number of carboxylic acid groups (broad SMARTS) is 1. The number of ketones is 1. The number of nitrogens with one attached hydrogen (secondary N) is 1. The molecular weight excluding hydrogens is 322 g/mol. The molecule has 0 fully saturated rings. The van der Waals surface area contributed by atoms with Crippen molar-refractivity contribution in [1.29, 1.82) is 0 Å². The average molecular weight is 340 g/mol. The number of hydrogen-bond acceptors (Lipinski definition) is 3. The number of carbonyl (C=O) groups excluding carboxylic acids is 1. The number of hydrogen-bond donors (Lipinski definition) is 2. The van der Waals surface area contributed by atoms with Crippen LogP contribution in [0.5, 0.6) is 0 Å². The summed E-state index contributed by atoms with van der Waals surface area (Å²) in [6.07, 6.45) is 1.14. The van der Waals surface area contributed by atoms with Gasteiger partial charge in [0, 0.05) is 21.7 Å². The number of halogens is 1. The quantitative estimate of drug-likeness (QED) is 0.819. The third-order valence-corrected chi connectivity index (χ3v) is 3.20. The van der Waals surface area contributed by atoms with Gasteiger partial charge in [-0.3, -0.25) is 4.79 Å². The average Bonchev–Trinajstić information content (AvgIpc) is 2.29. The molecule has 108 valence electrons. The van der Waals surface area contributed by atoms with Gasteiger partial charge in [-0.25, -0.2) is 4.79 Å². The van der Waals surface area contributed by atoms with Gasteiger partial charge in [0.05, 0.1) is 0 Å². The van der Waals surface area contributed by atoms with Crippen molar-refractivity contribution < 1.29 is 14.7 Å². The Morgan fingerprint density at radius 1 is 1.30 bits per heavy atom. The zero-order chi connectivity index (χ0) is 15.5. The maximum atomic E-state index is 11.9. The molecule has 0 aliphatic carbocycles. The molecule has 1 aromatic carbocycles. The highest BCUT2D eigenvalue weighted by molar-refractivity contribution is 9.10. The van der Waals surface area contributed by atoms with Crippen molar-refractivity contribution in [2.75, 3.05) is 5.32 Å². The molecule has 0 bridgehead atoms. The van der Waals surface area contributed by atoms with Crippen LogP contribution in [0.1, 0.15) is 26.3 Å². The topological polar surface area (TPSA) is 66.4 Å². The molecule has 4 nitrogen and oxygen atoms in total. The highest BCUT2D eigenvalue weighted by Crippen LogP contribution is 2.22. The Morgan fingerprint density at radius 3 is 2.35 bits per heavy atom. The summed E-state index contributed by atoms with van der Waals surface area (Å²) in [5.41, 5.74) is 0.797. The number of allylic oxidation sites excluding steroid dienone is 1. The molecule has 0 saturated heterocycles. The van der Waals surface area contributed by atoms with Crippen molar-refractivity contribution in [3.63, 3.8) is 0 Å². The van der Waals surface area contributed by atoms with Crippen LogP contribution in [0.3, 0.4) is 0 Å². The highest BCUT2D eigenvalue weighted by atomic mass is 79.9. The van der Waals surface area contributed by atoms with E-state index in [2.05, 4.69) is 21.2 Å². The molecule has 0 aliphatic rings. The lowest BCUT2D eigenvalue weighted by Crippen LogP contribution is -2.21. The van der Waals surface area contributed by atoms with Gasteiger partial charge < -0.3 is 10.4 Å². The van der Waals surface area contributed by atoms with E-state index in [0.29, 0.717) is 5.69 Å². The molecule has 0 aliphatic heterocycles. The second-order valence-electron chi connectivity index (χ2n) is 5.56.